The fourth-order valence-corrected chi connectivity index (χ4v) is 3.81. The normalized spacial score (nSPS) is 14.7. The number of fused-ring (bicyclic) bond motifs is 1. The monoisotopic (exact) mass is 487 g/mol. The van der Waals surface area contributed by atoms with Gasteiger partial charge < -0.3 is 31.8 Å². The number of aromatic amines is 1. The van der Waals surface area contributed by atoms with Crippen molar-refractivity contribution in [3.63, 3.8) is 0 Å². The van der Waals surface area contributed by atoms with Crippen molar-refractivity contribution in [2.45, 2.75) is 65.1 Å². The Hall–Kier alpha value is -3.40. The van der Waals surface area contributed by atoms with E-state index in [-0.39, 0.29) is 11.8 Å². The first-order valence-electron chi connectivity index (χ1n) is 11.9. The number of carboxylic acids is 1. The molecular weight excluding hydrogens is 450 g/mol. The smallest absolute Gasteiger partial charge is 0.326 e. The standard InChI is InChI=1S/C25H37N5O5/c1-5-15(4)22(25(34)35)30-21(31)13-28-24(33)20(10-14(2)3)29-23(32)18(26)11-16-12-27-19-9-7-6-8-17(16)19/h6-9,12,14-15,18,20,22,27H,5,10-11,13,26H2,1-4H3,(H,28,33)(H,29,32)(H,30,31)(H,34,35). The van der Waals surface area contributed by atoms with Crippen molar-refractivity contribution in [1.82, 2.24) is 20.9 Å². The molecule has 0 saturated heterocycles. The van der Waals surface area contributed by atoms with Gasteiger partial charge in [-0.25, -0.2) is 4.79 Å². The van der Waals surface area contributed by atoms with Gasteiger partial charge in [-0.1, -0.05) is 52.3 Å². The molecule has 10 nitrogen and oxygen atoms in total. The van der Waals surface area contributed by atoms with E-state index in [1.54, 1.807) is 6.92 Å². The summed E-state index contributed by atoms with van der Waals surface area (Å²) >= 11 is 0. The molecule has 10 heteroatoms. The van der Waals surface area contributed by atoms with Crippen LogP contribution in [-0.2, 0) is 25.6 Å². The molecule has 0 radical (unpaired) electrons. The van der Waals surface area contributed by atoms with Crippen LogP contribution in [0.15, 0.2) is 30.5 Å². The van der Waals surface area contributed by atoms with E-state index in [9.17, 15) is 24.3 Å². The summed E-state index contributed by atoms with van der Waals surface area (Å²) in [5.74, 6) is -2.92. The third-order valence-electron chi connectivity index (χ3n) is 6.01. The van der Waals surface area contributed by atoms with Crippen molar-refractivity contribution in [3.8, 4) is 0 Å². The topological polar surface area (TPSA) is 166 Å². The highest BCUT2D eigenvalue weighted by Gasteiger charge is 2.28. The lowest BCUT2D eigenvalue weighted by Gasteiger charge is -2.23. The second-order valence-corrected chi connectivity index (χ2v) is 9.35. The van der Waals surface area contributed by atoms with E-state index in [1.165, 1.54) is 0 Å². The number of carbonyl (C=O) groups is 4. The van der Waals surface area contributed by atoms with Crippen LogP contribution >= 0.6 is 0 Å². The molecule has 2 aromatic rings. The fourth-order valence-electron chi connectivity index (χ4n) is 3.81. The van der Waals surface area contributed by atoms with Crippen LogP contribution in [0.4, 0.5) is 0 Å². The molecule has 1 aromatic heterocycles. The SMILES string of the molecule is CCC(C)C(NC(=O)CNC(=O)C(CC(C)C)NC(=O)C(N)Cc1c[nH]c2ccccc12)C(=O)O. The number of H-pyrrole nitrogens is 1. The zero-order valence-electron chi connectivity index (χ0n) is 20.8. The maximum atomic E-state index is 12.8. The van der Waals surface area contributed by atoms with Gasteiger partial charge in [0.05, 0.1) is 12.6 Å². The van der Waals surface area contributed by atoms with Gasteiger partial charge in [-0.3, -0.25) is 14.4 Å². The van der Waals surface area contributed by atoms with Gasteiger partial charge in [-0.15, -0.1) is 0 Å². The first-order valence-corrected chi connectivity index (χ1v) is 11.9. The Kier molecular flexibility index (Phi) is 10.3. The quantitative estimate of drug-likeness (QED) is 0.249. The first-order chi connectivity index (χ1) is 16.5. The van der Waals surface area contributed by atoms with Crippen LogP contribution in [0.25, 0.3) is 10.9 Å². The van der Waals surface area contributed by atoms with Gasteiger partial charge >= 0.3 is 5.97 Å². The molecule has 0 aliphatic heterocycles. The Balaban J connectivity index is 1.97. The third kappa shape index (κ3) is 8.10. The maximum Gasteiger partial charge on any atom is 0.326 e. The predicted octanol–water partition coefficient (Wildman–Crippen LogP) is 1.30. The summed E-state index contributed by atoms with van der Waals surface area (Å²) in [5.41, 5.74) is 8.00. The number of amides is 3. The number of nitrogens with two attached hydrogens (primary N) is 1. The zero-order chi connectivity index (χ0) is 26.1. The summed E-state index contributed by atoms with van der Waals surface area (Å²) in [7, 11) is 0. The van der Waals surface area contributed by atoms with Crippen LogP contribution in [0, 0.1) is 11.8 Å². The van der Waals surface area contributed by atoms with Crippen LogP contribution in [0.3, 0.4) is 0 Å². The maximum absolute atomic E-state index is 12.8. The van der Waals surface area contributed by atoms with E-state index in [1.807, 2.05) is 51.2 Å². The lowest BCUT2D eigenvalue weighted by Crippen LogP contribution is -2.54. The Morgan fingerprint density at radius 1 is 1.06 bits per heavy atom. The molecule has 1 aromatic carbocycles. The molecule has 192 valence electrons. The molecule has 7 N–H and O–H groups in total. The highest BCUT2D eigenvalue weighted by molar-refractivity contribution is 5.93. The summed E-state index contributed by atoms with van der Waals surface area (Å²) in [6.45, 7) is 6.98. The summed E-state index contributed by atoms with van der Waals surface area (Å²) in [6.07, 6.45) is 3.04. The van der Waals surface area contributed by atoms with Crippen molar-refractivity contribution in [2.75, 3.05) is 6.54 Å². The van der Waals surface area contributed by atoms with Crippen LogP contribution in [0.1, 0.15) is 46.1 Å². The second kappa shape index (κ2) is 12.9. The number of rotatable bonds is 13. The summed E-state index contributed by atoms with van der Waals surface area (Å²) in [4.78, 5) is 52.4. The molecule has 2 rings (SSSR count). The highest BCUT2D eigenvalue weighted by Crippen LogP contribution is 2.19. The highest BCUT2D eigenvalue weighted by atomic mass is 16.4. The van der Waals surface area contributed by atoms with E-state index >= 15 is 0 Å². The van der Waals surface area contributed by atoms with Crippen molar-refractivity contribution in [1.29, 1.82) is 0 Å². The van der Waals surface area contributed by atoms with Gasteiger partial charge in [0.15, 0.2) is 0 Å². The zero-order valence-corrected chi connectivity index (χ0v) is 20.8. The van der Waals surface area contributed by atoms with Crippen LogP contribution < -0.4 is 21.7 Å². The largest absolute Gasteiger partial charge is 0.480 e. The van der Waals surface area contributed by atoms with Crippen molar-refractivity contribution in [3.05, 3.63) is 36.0 Å². The summed E-state index contributed by atoms with van der Waals surface area (Å²) in [6, 6.07) is 4.91. The molecule has 1 heterocycles. The molecule has 0 fully saturated rings. The summed E-state index contributed by atoms with van der Waals surface area (Å²) < 4.78 is 0. The van der Waals surface area contributed by atoms with Crippen molar-refractivity contribution < 1.29 is 24.3 Å². The van der Waals surface area contributed by atoms with Crippen molar-refractivity contribution in [2.24, 2.45) is 17.6 Å². The molecule has 0 bridgehead atoms. The van der Waals surface area contributed by atoms with Crippen LogP contribution in [-0.4, -0.2) is 58.5 Å². The Morgan fingerprint density at radius 3 is 2.37 bits per heavy atom. The number of hydrogen-bond donors (Lipinski definition) is 6. The number of aromatic nitrogens is 1. The molecule has 0 aliphatic carbocycles. The number of carbonyl (C=O) groups excluding carboxylic acids is 3. The molecule has 0 saturated carbocycles. The number of hydrogen-bond acceptors (Lipinski definition) is 5. The molecular formula is C25H37N5O5. The summed E-state index contributed by atoms with van der Waals surface area (Å²) in [5, 5.41) is 18.0. The van der Waals surface area contributed by atoms with Gasteiger partial charge in [-0.05, 0) is 36.3 Å². The van der Waals surface area contributed by atoms with E-state index < -0.39 is 48.4 Å². The third-order valence-corrected chi connectivity index (χ3v) is 6.01. The van der Waals surface area contributed by atoms with Gasteiger partial charge in [0.2, 0.25) is 17.7 Å². The fraction of sp³-hybridized carbons (Fsp3) is 0.520. The molecule has 4 atom stereocenters. The molecule has 0 aliphatic rings. The average Bonchev–Trinajstić information content (AvgIpc) is 3.22. The van der Waals surface area contributed by atoms with E-state index in [0.717, 1.165) is 16.5 Å². The number of carboxylic acid groups (broad SMARTS) is 1. The van der Waals surface area contributed by atoms with Crippen LogP contribution in [0.2, 0.25) is 0 Å². The first kappa shape index (κ1) is 27.8. The molecule has 3 amide bonds. The molecule has 35 heavy (non-hydrogen) atoms. The van der Waals surface area contributed by atoms with Crippen LogP contribution in [0.5, 0.6) is 0 Å². The number of aliphatic carboxylic acids is 1. The van der Waals surface area contributed by atoms with E-state index in [2.05, 4.69) is 20.9 Å². The number of benzene rings is 1. The Bertz CT molecular complexity index is 1030. The average molecular weight is 488 g/mol. The molecule has 0 spiro atoms. The minimum atomic E-state index is -1.13. The minimum Gasteiger partial charge on any atom is -0.480 e. The number of para-hydroxylation sites is 1. The van der Waals surface area contributed by atoms with E-state index in [0.29, 0.717) is 19.3 Å². The lowest BCUT2D eigenvalue weighted by molar-refractivity contribution is -0.143. The van der Waals surface area contributed by atoms with Gasteiger partial charge in [0, 0.05) is 17.1 Å². The van der Waals surface area contributed by atoms with Gasteiger partial charge in [0.1, 0.15) is 12.1 Å². The number of nitrogens with one attached hydrogen (secondary N) is 4. The minimum absolute atomic E-state index is 0.0894. The van der Waals surface area contributed by atoms with E-state index in [4.69, 9.17) is 5.73 Å². The van der Waals surface area contributed by atoms with Crippen molar-refractivity contribution >= 4 is 34.6 Å². The van der Waals surface area contributed by atoms with Gasteiger partial charge in [-0.2, -0.15) is 0 Å². The lowest BCUT2D eigenvalue weighted by atomic mass is 9.99. The van der Waals surface area contributed by atoms with Gasteiger partial charge in [0.25, 0.3) is 0 Å². The Labute approximate surface area is 205 Å². The predicted molar refractivity (Wildman–Crippen MR) is 133 cm³/mol. The second-order valence-electron chi connectivity index (χ2n) is 9.35. The Morgan fingerprint density at radius 2 is 1.74 bits per heavy atom. The molecule has 4 unspecified atom stereocenters.